The molecule has 0 fully saturated rings. The van der Waals surface area contributed by atoms with Gasteiger partial charge in [0.15, 0.2) is 0 Å². The fourth-order valence-electron chi connectivity index (χ4n) is 1.94. The van der Waals surface area contributed by atoms with E-state index in [-0.39, 0.29) is 0 Å². The van der Waals surface area contributed by atoms with Gasteiger partial charge >= 0.3 is 0 Å². The molecule has 0 aliphatic heterocycles. The summed E-state index contributed by atoms with van der Waals surface area (Å²) in [4.78, 5) is 11.0. The molecule has 0 radical (unpaired) electrons. The minimum absolute atomic E-state index is 0.715. The number of rotatable bonds is 7. The molecule has 4 heteroatoms. The van der Waals surface area contributed by atoms with E-state index in [0.29, 0.717) is 5.92 Å². The highest BCUT2D eigenvalue weighted by molar-refractivity contribution is 5.58. The first-order valence-electron chi connectivity index (χ1n) is 6.88. The molecular weight excluding hydrogens is 224 g/mol. The topological polar surface area (TPSA) is 41.1 Å². The van der Waals surface area contributed by atoms with E-state index in [1.54, 1.807) is 6.33 Å². The average Bonchev–Trinajstić information content (AvgIpc) is 2.36. The van der Waals surface area contributed by atoms with E-state index in [9.17, 15) is 0 Å². The first-order chi connectivity index (χ1) is 8.60. The molecule has 102 valence electrons. The van der Waals surface area contributed by atoms with Crippen LogP contribution < -0.4 is 10.2 Å². The monoisotopic (exact) mass is 250 g/mol. The molecule has 0 aliphatic rings. The zero-order valence-electron chi connectivity index (χ0n) is 12.3. The summed E-state index contributed by atoms with van der Waals surface area (Å²) in [5, 5.41) is 3.31. The molecule has 1 N–H and O–H groups in total. The first kappa shape index (κ1) is 14.7. The summed E-state index contributed by atoms with van der Waals surface area (Å²) in [6, 6.07) is 0. The first-order valence-corrected chi connectivity index (χ1v) is 6.88. The van der Waals surface area contributed by atoms with Crippen LogP contribution >= 0.6 is 0 Å². The van der Waals surface area contributed by atoms with Crippen molar-refractivity contribution in [2.75, 3.05) is 30.4 Å². The molecule has 0 bridgehead atoms. The van der Waals surface area contributed by atoms with Gasteiger partial charge in [0.2, 0.25) is 0 Å². The fourth-order valence-corrected chi connectivity index (χ4v) is 1.94. The molecule has 4 nitrogen and oxygen atoms in total. The number of nitrogens with zero attached hydrogens (tertiary/aromatic N) is 3. The maximum Gasteiger partial charge on any atom is 0.137 e. The van der Waals surface area contributed by atoms with Gasteiger partial charge in [-0.3, -0.25) is 0 Å². The zero-order chi connectivity index (χ0) is 13.5. The summed E-state index contributed by atoms with van der Waals surface area (Å²) in [6.07, 6.45) is 3.78. The third-order valence-electron chi connectivity index (χ3n) is 3.02. The van der Waals surface area contributed by atoms with E-state index in [2.05, 4.69) is 54.9 Å². The second-order valence-electron chi connectivity index (χ2n) is 5.01. The Morgan fingerprint density at radius 2 is 2.00 bits per heavy atom. The Labute approximate surface area is 111 Å². The van der Waals surface area contributed by atoms with Gasteiger partial charge in [0.05, 0.1) is 0 Å². The summed E-state index contributed by atoms with van der Waals surface area (Å²) < 4.78 is 0. The van der Waals surface area contributed by atoms with Crippen LogP contribution in [0.5, 0.6) is 0 Å². The molecule has 0 unspecified atom stereocenters. The normalized spacial score (nSPS) is 10.8. The van der Waals surface area contributed by atoms with Crippen molar-refractivity contribution in [3.8, 4) is 0 Å². The van der Waals surface area contributed by atoms with Gasteiger partial charge in [0, 0.05) is 25.7 Å². The van der Waals surface area contributed by atoms with Crippen LogP contribution in [0.4, 0.5) is 11.6 Å². The van der Waals surface area contributed by atoms with Crippen LogP contribution in [0.15, 0.2) is 6.33 Å². The lowest BCUT2D eigenvalue weighted by molar-refractivity contribution is 0.583. The molecule has 0 aliphatic carbocycles. The summed E-state index contributed by atoms with van der Waals surface area (Å²) in [5.41, 5.74) is 1.21. The van der Waals surface area contributed by atoms with E-state index in [1.165, 1.54) is 12.0 Å². The van der Waals surface area contributed by atoms with Crippen molar-refractivity contribution in [2.45, 2.75) is 40.5 Å². The maximum atomic E-state index is 4.45. The van der Waals surface area contributed by atoms with Crippen molar-refractivity contribution in [3.05, 3.63) is 11.9 Å². The molecule has 1 rings (SSSR count). The second-order valence-corrected chi connectivity index (χ2v) is 5.01. The molecule has 0 amide bonds. The van der Waals surface area contributed by atoms with Gasteiger partial charge in [-0.2, -0.15) is 0 Å². The molecule has 0 spiro atoms. The van der Waals surface area contributed by atoms with Gasteiger partial charge in [-0.05, 0) is 25.7 Å². The van der Waals surface area contributed by atoms with Crippen molar-refractivity contribution >= 4 is 11.6 Å². The second kappa shape index (κ2) is 7.19. The molecule has 0 saturated heterocycles. The quantitative estimate of drug-likeness (QED) is 0.808. The van der Waals surface area contributed by atoms with Gasteiger partial charge in [-0.25, -0.2) is 9.97 Å². The molecule has 1 aromatic rings. The maximum absolute atomic E-state index is 4.45. The van der Waals surface area contributed by atoms with E-state index >= 15 is 0 Å². The number of nitrogens with one attached hydrogen (secondary N) is 1. The van der Waals surface area contributed by atoms with Crippen molar-refractivity contribution in [3.63, 3.8) is 0 Å². The van der Waals surface area contributed by atoms with Crippen LogP contribution in [-0.4, -0.2) is 30.1 Å². The van der Waals surface area contributed by atoms with Crippen LogP contribution in [0.1, 0.15) is 39.7 Å². The number of hydrogen-bond acceptors (Lipinski definition) is 4. The van der Waals surface area contributed by atoms with Crippen LogP contribution in [-0.2, 0) is 6.42 Å². The lowest BCUT2D eigenvalue weighted by atomic mass is 10.1. The molecule has 0 saturated carbocycles. The Hall–Kier alpha value is -1.32. The highest BCUT2D eigenvalue weighted by Gasteiger charge is 2.13. The van der Waals surface area contributed by atoms with Crippen molar-refractivity contribution in [1.82, 2.24) is 9.97 Å². The zero-order valence-corrected chi connectivity index (χ0v) is 12.3. The Morgan fingerprint density at radius 3 is 2.56 bits per heavy atom. The molecule has 1 heterocycles. The van der Waals surface area contributed by atoms with E-state index in [1.807, 2.05) is 0 Å². The number of anilines is 2. The lowest BCUT2D eigenvalue weighted by Crippen LogP contribution is -2.23. The Bertz CT molecular complexity index is 363. The third kappa shape index (κ3) is 3.86. The Kier molecular flexibility index (Phi) is 5.89. The Balaban J connectivity index is 2.89. The average molecular weight is 250 g/mol. The molecule has 0 aromatic carbocycles. The standard InChI is InChI=1S/C14H26N4/c1-6-12-13(15-7-2)16-10-17-14(12)18(5)9-8-11(3)4/h10-11H,6-9H2,1-5H3,(H,15,16,17). The van der Waals surface area contributed by atoms with Gasteiger partial charge < -0.3 is 10.2 Å². The van der Waals surface area contributed by atoms with E-state index in [4.69, 9.17) is 0 Å². The minimum Gasteiger partial charge on any atom is -0.370 e. The van der Waals surface area contributed by atoms with Crippen LogP contribution in [0.2, 0.25) is 0 Å². The summed E-state index contributed by atoms with van der Waals surface area (Å²) >= 11 is 0. The van der Waals surface area contributed by atoms with Crippen molar-refractivity contribution in [2.24, 2.45) is 5.92 Å². The lowest BCUT2D eigenvalue weighted by Gasteiger charge is -2.23. The van der Waals surface area contributed by atoms with Gasteiger partial charge in [0.25, 0.3) is 0 Å². The minimum atomic E-state index is 0.715. The Morgan fingerprint density at radius 1 is 1.28 bits per heavy atom. The fraction of sp³-hybridized carbons (Fsp3) is 0.714. The smallest absolute Gasteiger partial charge is 0.137 e. The number of aromatic nitrogens is 2. The molecular formula is C14H26N4. The van der Waals surface area contributed by atoms with E-state index in [0.717, 1.165) is 31.1 Å². The summed E-state index contributed by atoms with van der Waals surface area (Å²) in [6.45, 7) is 10.7. The van der Waals surface area contributed by atoms with Crippen molar-refractivity contribution in [1.29, 1.82) is 0 Å². The highest BCUT2D eigenvalue weighted by Crippen LogP contribution is 2.23. The van der Waals surface area contributed by atoms with Gasteiger partial charge in [-0.15, -0.1) is 0 Å². The SMILES string of the molecule is CCNc1ncnc(N(C)CCC(C)C)c1CC. The largest absolute Gasteiger partial charge is 0.370 e. The summed E-state index contributed by atoms with van der Waals surface area (Å²) in [7, 11) is 2.11. The predicted molar refractivity (Wildman–Crippen MR) is 78.3 cm³/mol. The van der Waals surface area contributed by atoms with Crippen LogP contribution in [0.25, 0.3) is 0 Å². The molecule has 18 heavy (non-hydrogen) atoms. The predicted octanol–water partition coefficient (Wildman–Crippen LogP) is 2.95. The van der Waals surface area contributed by atoms with Crippen molar-refractivity contribution < 1.29 is 0 Å². The third-order valence-corrected chi connectivity index (χ3v) is 3.02. The van der Waals surface area contributed by atoms with Gasteiger partial charge in [0.1, 0.15) is 18.0 Å². The number of hydrogen-bond donors (Lipinski definition) is 1. The van der Waals surface area contributed by atoms with E-state index < -0.39 is 0 Å². The van der Waals surface area contributed by atoms with Crippen LogP contribution in [0.3, 0.4) is 0 Å². The van der Waals surface area contributed by atoms with Crippen LogP contribution in [0, 0.1) is 5.92 Å². The molecule has 1 aromatic heterocycles. The molecule has 0 atom stereocenters. The van der Waals surface area contributed by atoms with Gasteiger partial charge in [-0.1, -0.05) is 20.8 Å². The summed E-state index contributed by atoms with van der Waals surface area (Å²) in [5.74, 6) is 2.75. The highest BCUT2D eigenvalue weighted by atomic mass is 15.2.